The molecule has 0 fully saturated rings. The molecule has 1 aliphatic heterocycles. The molecule has 20 heavy (non-hydrogen) atoms. The minimum absolute atomic E-state index is 0.0661. The van der Waals surface area contributed by atoms with E-state index in [1.807, 2.05) is 54.3 Å². The molecule has 0 saturated carbocycles. The lowest BCUT2D eigenvalue weighted by Gasteiger charge is -2.38. The zero-order chi connectivity index (χ0) is 14.1. The van der Waals surface area contributed by atoms with Crippen molar-refractivity contribution >= 4 is 11.5 Å². The predicted octanol–water partition coefficient (Wildman–Crippen LogP) is 3.92. The molecule has 2 aromatic rings. The molecular formula is C18H17NO. The molecule has 0 saturated heterocycles. The maximum absolute atomic E-state index is 12.7. The van der Waals surface area contributed by atoms with Gasteiger partial charge in [-0.05, 0) is 29.7 Å². The van der Waals surface area contributed by atoms with Crippen LogP contribution in [0.25, 0.3) is 5.57 Å². The first kappa shape index (κ1) is 12.7. The number of amides is 1. The van der Waals surface area contributed by atoms with E-state index in [4.69, 9.17) is 0 Å². The Bertz CT molecular complexity index is 660. The fraction of sp³-hybridized carbons (Fsp3) is 0.167. The van der Waals surface area contributed by atoms with Gasteiger partial charge in [-0.1, -0.05) is 55.1 Å². The maximum Gasteiger partial charge on any atom is 0.255 e. The summed E-state index contributed by atoms with van der Waals surface area (Å²) in [7, 11) is 0. The lowest BCUT2D eigenvalue weighted by molar-refractivity contribution is 0.0717. The van der Waals surface area contributed by atoms with Gasteiger partial charge >= 0.3 is 0 Å². The van der Waals surface area contributed by atoms with Crippen molar-refractivity contribution in [2.24, 2.45) is 0 Å². The molecule has 3 rings (SSSR count). The first-order valence-electron chi connectivity index (χ1n) is 6.88. The lowest BCUT2D eigenvalue weighted by atomic mass is 9.85. The van der Waals surface area contributed by atoms with Crippen LogP contribution in [0.3, 0.4) is 0 Å². The van der Waals surface area contributed by atoms with Gasteiger partial charge < -0.3 is 4.90 Å². The third-order valence-electron chi connectivity index (χ3n) is 3.86. The normalized spacial score (nSPS) is 18.1. The minimum atomic E-state index is -0.0661. The number of carbonyl (C=O) groups is 1. The van der Waals surface area contributed by atoms with Crippen LogP contribution in [-0.2, 0) is 0 Å². The van der Waals surface area contributed by atoms with E-state index in [-0.39, 0.29) is 11.9 Å². The molecule has 1 amide bonds. The highest BCUT2D eigenvalue weighted by Crippen LogP contribution is 2.40. The molecule has 1 heterocycles. The molecule has 0 aliphatic carbocycles. The van der Waals surface area contributed by atoms with Crippen molar-refractivity contribution in [3.05, 3.63) is 77.9 Å². The molecule has 1 unspecified atom stereocenters. The van der Waals surface area contributed by atoms with Crippen LogP contribution in [0.4, 0.5) is 0 Å². The fourth-order valence-corrected chi connectivity index (χ4v) is 2.90. The highest BCUT2D eigenvalue weighted by Gasteiger charge is 2.34. The predicted molar refractivity (Wildman–Crippen MR) is 81.4 cm³/mol. The van der Waals surface area contributed by atoms with Crippen LogP contribution in [0.1, 0.15) is 34.5 Å². The Labute approximate surface area is 119 Å². The zero-order valence-electron chi connectivity index (χ0n) is 11.5. The number of likely N-dealkylation sites (N-methyl/N-ethyl adjacent to an activating group) is 1. The smallest absolute Gasteiger partial charge is 0.255 e. The van der Waals surface area contributed by atoms with Gasteiger partial charge in [0.05, 0.1) is 6.04 Å². The molecule has 0 spiro atoms. The van der Waals surface area contributed by atoms with Gasteiger partial charge in [0.25, 0.3) is 5.91 Å². The molecule has 0 N–H and O–H groups in total. The molecule has 1 aliphatic rings. The first-order valence-corrected chi connectivity index (χ1v) is 6.88. The van der Waals surface area contributed by atoms with Gasteiger partial charge in [-0.15, -0.1) is 0 Å². The fourth-order valence-electron chi connectivity index (χ4n) is 2.90. The highest BCUT2D eigenvalue weighted by atomic mass is 16.2. The van der Waals surface area contributed by atoms with Crippen molar-refractivity contribution in [1.29, 1.82) is 0 Å². The maximum atomic E-state index is 12.7. The number of fused-ring (bicyclic) bond motifs is 1. The van der Waals surface area contributed by atoms with E-state index in [9.17, 15) is 4.79 Å². The Morgan fingerprint density at radius 2 is 1.60 bits per heavy atom. The summed E-state index contributed by atoms with van der Waals surface area (Å²) in [4.78, 5) is 14.6. The molecule has 2 heteroatoms. The number of nitrogens with zero attached hydrogens (tertiary/aromatic N) is 1. The van der Waals surface area contributed by atoms with E-state index in [0.717, 1.165) is 22.3 Å². The van der Waals surface area contributed by atoms with Gasteiger partial charge in [-0.3, -0.25) is 4.79 Å². The van der Waals surface area contributed by atoms with E-state index in [1.165, 1.54) is 0 Å². The van der Waals surface area contributed by atoms with E-state index >= 15 is 0 Å². The summed E-state index contributed by atoms with van der Waals surface area (Å²) in [6.45, 7) is 6.93. The Hall–Kier alpha value is -2.35. The van der Waals surface area contributed by atoms with Crippen molar-refractivity contribution in [2.75, 3.05) is 6.54 Å². The van der Waals surface area contributed by atoms with Crippen LogP contribution >= 0.6 is 0 Å². The monoisotopic (exact) mass is 263 g/mol. The molecule has 0 radical (unpaired) electrons. The van der Waals surface area contributed by atoms with Crippen LogP contribution in [0, 0.1) is 0 Å². The van der Waals surface area contributed by atoms with E-state index in [1.54, 1.807) is 0 Å². The Kier molecular flexibility index (Phi) is 3.15. The van der Waals surface area contributed by atoms with E-state index < -0.39 is 0 Å². The molecule has 100 valence electrons. The van der Waals surface area contributed by atoms with Gasteiger partial charge in [-0.25, -0.2) is 0 Å². The second-order valence-corrected chi connectivity index (χ2v) is 4.98. The van der Waals surface area contributed by atoms with Crippen LogP contribution in [0.5, 0.6) is 0 Å². The van der Waals surface area contributed by atoms with E-state index in [0.29, 0.717) is 6.54 Å². The van der Waals surface area contributed by atoms with Gasteiger partial charge in [0.2, 0.25) is 0 Å². The summed E-state index contributed by atoms with van der Waals surface area (Å²) in [5.74, 6) is 0.0874. The largest absolute Gasteiger partial charge is 0.328 e. The standard InChI is InChI=1S/C18H17NO/c1-3-19-17(14-9-5-4-6-10-14)13(2)15-11-7-8-12-16(15)18(19)20/h4-12,17H,2-3H2,1H3. The summed E-state index contributed by atoms with van der Waals surface area (Å²) >= 11 is 0. The average molecular weight is 263 g/mol. The van der Waals surface area contributed by atoms with Gasteiger partial charge in [0.1, 0.15) is 0 Å². The molecule has 1 atom stereocenters. The van der Waals surface area contributed by atoms with Crippen molar-refractivity contribution < 1.29 is 4.79 Å². The molecular weight excluding hydrogens is 246 g/mol. The van der Waals surface area contributed by atoms with Gasteiger partial charge in [0.15, 0.2) is 0 Å². The molecule has 0 bridgehead atoms. The topological polar surface area (TPSA) is 20.3 Å². The average Bonchev–Trinajstić information content (AvgIpc) is 2.51. The second kappa shape index (κ2) is 4.97. The van der Waals surface area contributed by atoms with Gasteiger partial charge in [-0.2, -0.15) is 0 Å². The quantitative estimate of drug-likeness (QED) is 0.804. The highest BCUT2D eigenvalue weighted by molar-refractivity contribution is 6.03. The summed E-state index contributed by atoms with van der Waals surface area (Å²) in [5, 5.41) is 0. The third kappa shape index (κ3) is 1.85. The second-order valence-electron chi connectivity index (χ2n) is 4.98. The van der Waals surface area contributed by atoms with E-state index in [2.05, 4.69) is 18.7 Å². The molecule has 2 aromatic carbocycles. The Balaban J connectivity index is 2.16. The number of hydrogen-bond acceptors (Lipinski definition) is 1. The van der Waals surface area contributed by atoms with Crippen LogP contribution in [0.15, 0.2) is 61.2 Å². The minimum Gasteiger partial charge on any atom is -0.328 e. The number of rotatable bonds is 2. The molecule has 0 aromatic heterocycles. The summed E-state index contributed by atoms with van der Waals surface area (Å²) < 4.78 is 0. The third-order valence-corrected chi connectivity index (χ3v) is 3.86. The SMILES string of the molecule is C=C1c2ccccc2C(=O)N(CC)C1c1ccccc1. The van der Waals surface area contributed by atoms with Crippen molar-refractivity contribution in [2.45, 2.75) is 13.0 Å². The summed E-state index contributed by atoms with van der Waals surface area (Å²) in [5.41, 5.74) is 3.83. The molecule has 2 nitrogen and oxygen atoms in total. The lowest BCUT2D eigenvalue weighted by Crippen LogP contribution is -2.39. The van der Waals surface area contributed by atoms with Crippen molar-refractivity contribution in [3.63, 3.8) is 0 Å². The van der Waals surface area contributed by atoms with Crippen molar-refractivity contribution in [1.82, 2.24) is 4.90 Å². The van der Waals surface area contributed by atoms with Crippen LogP contribution < -0.4 is 0 Å². The number of hydrogen-bond donors (Lipinski definition) is 0. The van der Waals surface area contributed by atoms with Crippen LogP contribution in [-0.4, -0.2) is 17.4 Å². The Morgan fingerprint density at radius 1 is 1.00 bits per heavy atom. The summed E-state index contributed by atoms with van der Waals surface area (Å²) in [6.07, 6.45) is 0. The summed E-state index contributed by atoms with van der Waals surface area (Å²) in [6, 6.07) is 17.8. The Morgan fingerprint density at radius 3 is 2.25 bits per heavy atom. The zero-order valence-corrected chi connectivity index (χ0v) is 11.5. The van der Waals surface area contributed by atoms with Crippen LogP contribution in [0.2, 0.25) is 0 Å². The number of carbonyl (C=O) groups excluding carboxylic acids is 1. The first-order chi connectivity index (χ1) is 9.74. The van der Waals surface area contributed by atoms with Crippen molar-refractivity contribution in [3.8, 4) is 0 Å². The van der Waals surface area contributed by atoms with Gasteiger partial charge in [0, 0.05) is 12.1 Å². The number of benzene rings is 2.